The van der Waals surface area contributed by atoms with Crippen molar-refractivity contribution in [2.75, 3.05) is 18.0 Å². The van der Waals surface area contributed by atoms with Crippen LogP contribution in [0.25, 0.3) is 10.8 Å². The molecule has 1 fully saturated rings. The molecule has 2 heterocycles. The van der Waals surface area contributed by atoms with Gasteiger partial charge in [-0.25, -0.2) is 10.1 Å². The number of H-pyrrole nitrogens is 1. The van der Waals surface area contributed by atoms with Gasteiger partial charge in [0.25, 0.3) is 10.7 Å². The number of aromatic amines is 1. The molecule has 3 rings (SSSR count). The lowest BCUT2D eigenvalue weighted by Gasteiger charge is -2.16. The molecule has 2 aromatic rings. The smallest absolute Gasteiger partial charge is 0.284 e. The first-order valence-electron chi connectivity index (χ1n) is 6.54. The van der Waals surface area contributed by atoms with Crippen LogP contribution in [0.4, 0.5) is 5.13 Å². The van der Waals surface area contributed by atoms with Gasteiger partial charge in [0.15, 0.2) is 5.13 Å². The lowest BCUT2D eigenvalue weighted by Crippen LogP contribution is -2.21. The topological polar surface area (TPSA) is 58.0 Å². The monoisotopic (exact) mass is 296 g/mol. The highest BCUT2D eigenvalue weighted by Crippen LogP contribution is 2.47. The van der Waals surface area contributed by atoms with Crippen LogP contribution in [0.15, 0.2) is 4.42 Å². The molecular weight excluding hydrogens is 280 g/mol. The number of nitrogens with zero attached hydrogens (tertiary/aromatic N) is 3. The van der Waals surface area contributed by atoms with Gasteiger partial charge in [-0.1, -0.05) is 11.3 Å². The largest absolute Gasteiger partial charge is 0.408 e. The highest BCUT2D eigenvalue weighted by atomic mass is 32.1. The van der Waals surface area contributed by atoms with Gasteiger partial charge in [-0.05, 0) is 38.9 Å². The van der Waals surface area contributed by atoms with Crippen LogP contribution < -0.4 is 4.90 Å². The summed E-state index contributed by atoms with van der Waals surface area (Å²) in [4.78, 5) is 8.39. The Kier molecular flexibility index (Phi) is 3.40. The van der Waals surface area contributed by atoms with Crippen LogP contribution in [0, 0.1) is 4.84 Å². The number of rotatable bonds is 5. The average molecular weight is 296 g/mol. The number of anilines is 1. The average Bonchev–Trinajstić information content (AvgIpc) is 3.02. The van der Waals surface area contributed by atoms with Crippen molar-refractivity contribution in [2.24, 2.45) is 0 Å². The second kappa shape index (κ2) is 5.05. The summed E-state index contributed by atoms with van der Waals surface area (Å²) in [5, 5.41) is 7.87. The second-order valence-corrected chi connectivity index (χ2v) is 5.92. The summed E-state index contributed by atoms with van der Waals surface area (Å²) < 4.78 is 5.45. The van der Waals surface area contributed by atoms with Gasteiger partial charge in [0.1, 0.15) is 4.88 Å². The molecule has 102 valence electrons. The molecule has 0 atom stereocenters. The summed E-state index contributed by atoms with van der Waals surface area (Å²) >= 11 is 6.59. The Morgan fingerprint density at radius 2 is 2.16 bits per heavy atom. The Balaban J connectivity index is 2.04. The van der Waals surface area contributed by atoms with E-state index in [-0.39, 0.29) is 0 Å². The van der Waals surface area contributed by atoms with Crippen molar-refractivity contribution < 1.29 is 4.42 Å². The van der Waals surface area contributed by atoms with E-state index >= 15 is 0 Å². The Morgan fingerprint density at radius 3 is 2.68 bits per heavy atom. The third-order valence-corrected chi connectivity index (χ3v) is 4.57. The molecule has 0 aliphatic heterocycles. The van der Waals surface area contributed by atoms with Crippen molar-refractivity contribution >= 4 is 28.7 Å². The fourth-order valence-corrected chi connectivity index (χ4v) is 3.39. The molecule has 1 aliphatic carbocycles. The van der Waals surface area contributed by atoms with Gasteiger partial charge in [-0.15, -0.1) is 5.10 Å². The summed E-state index contributed by atoms with van der Waals surface area (Å²) in [7, 11) is 0. The van der Waals surface area contributed by atoms with Crippen molar-refractivity contribution in [3.63, 3.8) is 0 Å². The normalized spacial score (nSPS) is 14.8. The molecule has 7 heteroatoms. The van der Waals surface area contributed by atoms with Crippen molar-refractivity contribution in [3.05, 3.63) is 10.5 Å². The molecule has 2 aromatic heterocycles. The lowest BCUT2D eigenvalue weighted by molar-refractivity contribution is 0.552. The van der Waals surface area contributed by atoms with Gasteiger partial charge in [0, 0.05) is 19.0 Å². The Labute approximate surface area is 120 Å². The number of aromatic nitrogens is 3. The number of thiazole rings is 1. The fraction of sp³-hybridized carbons (Fsp3) is 0.583. The minimum atomic E-state index is 0.314. The quantitative estimate of drug-likeness (QED) is 0.855. The van der Waals surface area contributed by atoms with Crippen LogP contribution in [-0.4, -0.2) is 28.3 Å². The van der Waals surface area contributed by atoms with Crippen LogP contribution in [0.2, 0.25) is 0 Å². The molecule has 1 N–H and O–H groups in total. The fourth-order valence-electron chi connectivity index (χ4n) is 2.06. The maximum atomic E-state index is 5.45. The van der Waals surface area contributed by atoms with Gasteiger partial charge in [0.05, 0.1) is 5.69 Å². The molecule has 1 aliphatic rings. The van der Waals surface area contributed by atoms with E-state index in [4.69, 9.17) is 21.6 Å². The van der Waals surface area contributed by atoms with Gasteiger partial charge in [-0.3, -0.25) is 0 Å². The highest BCUT2D eigenvalue weighted by molar-refractivity contribution is 7.71. The summed E-state index contributed by atoms with van der Waals surface area (Å²) in [5.74, 6) is 1.14. The van der Waals surface area contributed by atoms with Crippen LogP contribution in [0.1, 0.15) is 38.3 Å². The van der Waals surface area contributed by atoms with Crippen LogP contribution in [0.3, 0.4) is 0 Å². The zero-order valence-electron chi connectivity index (χ0n) is 11.0. The maximum Gasteiger partial charge on any atom is 0.284 e. The van der Waals surface area contributed by atoms with Crippen molar-refractivity contribution in [2.45, 2.75) is 32.6 Å². The van der Waals surface area contributed by atoms with E-state index in [1.54, 1.807) is 11.3 Å². The van der Waals surface area contributed by atoms with E-state index in [1.807, 2.05) is 0 Å². The molecule has 0 saturated heterocycles. The molecule has 0 aromatic carbocycles. The van der Waals surface area contributed by atoms with E-state index in [1.165, 1.54) is 12.8 Å². The van der Waals surface area contributed by atoms with E-state index in [2.05, 4.69) is 28.9 Å². The molecule has 0 spiro atoms. The number of hydrogen-bond acceptors (Lipinski definition) is 6. The van der Waals surface area contributed by atoms with Crippen molar-refractivity contribution in [3.8, 4) is 10.8 Å². The van der Waals surface area contributed by atoms with E-state index in [0.29, 0.717) is 16.6 Å². The molecular formula is C12H16N4OS2. The predicted octanol–water partition coefficient (Wildman–Crippen LogP) is 3.58. The molecule has 5 nitrogen and oxygen atoms in total. The van der Waals surface area contributed by atoms with Crippen LogP contribution >= 0.6 is 23.6 Å². The standard InChI is InChI=1S/C12H16N4OS2/c1-3-16(4-2)11-13-8(7-5-6-7)9(19-11)10-14-15-12(18)17-10/h7H,3-6H2,1-2H3,(H,15,18). The Bertz CT molecular complexity index is 622. The van der Waals surface area contributed by atoms with E-state index in [9.17, 15) is 0 Å². The van der Waals surface area contributed by atoms with Crippen molar-refractivity contribution in [1.29, 1.82) is 0 Å². The first kappa shape index (κ1) is 12.8. The third kappa shape index (κ3) is 2.44. The van der Waals surface area contributed by atoms with Crippen molar-refractivity contribution in [1.82, 2.24) is 15.2 Å². The SMILES string of the molecule is CCN(CC)c1nc(C2CC2)c(-c2n[nH]c(=S)o2)s1. The van der Waals surface area contributed by atoms with Gasteiger partial charge in [0.2, 0.25) is 0 Å². The van der Waals surface area contributed by atoms with Gasteiger partial charge >= 0.3 is 0 Å². The zero-order valence-corrected chi connectivity index (χ0v) is 12.6. The van der Waals surface area contributed by atoms with E-state index in [0.717, 1.165) is 28.8 Å². The predicted molar refractivity (Wildman–Crippen MR) is 78.3 cm³/mol. The van der Waals surface area contributed by atoms with E-state index < -0.39 is 0 Å². The molecule has 19 heavy (non-hydrogen) atoms. The first-order chi connectivity index (χ1) is 9.22. The van der Waals surface area contributed by atoms with Gasteiger partial charge in [-0.2, -0.15) is 0 Å². The second-order valence-electron chi connectivity index (χ2n) is 4.58. The molecule has 0 bridgehead atoms. The Morgan fingerprint density at radius 1 is 1.42 bits per heavy atom. The molecule has 0 amide bonds. The lowest BCUT2D eigenvalue weighted by atomic mass is 10.2. The molecule has 0 unspecified atom stereocenters. The maximum absolute atomic E-state index is 5.45. The first-order valence-corrected chi connectivity index (χ1v) is 7.77. The van der Waals surface area contributed by atoms with Gasteiger partial charge < -0.3 is 9.32 Å². The minimum absolute atomic E-state index is 0.314. The molecule has 0 radical (unpaired) electrons. The summed E-state index contributed by atoms with van der Waals surface area (Å²) in [6.07, 6.45) is 2.42. The summed E-state index contributed by atoms with van der Waals surface area (Å²) in [6.45, 7) is 6.19. The zero-order chi connectivity index (χ0) is 13.4. The molecule has 1 saturated carbocycles. The number of hydrogen-bond donors (Lipinski definition) is 1. The number of nitrogens with one attached hydrogen (secondary N) is 1. The highest BCUT2D eigenvalue weighted by Gasteiger charge is 2.32. The Hall–Kier alpha value is -1.21. The minimum Gasteiger partial charge on any atom is -0.408 e. The third-order valence-electron chi connectivity index (χ3n) is 3.27. The van der Waals surface area contributed by atoms with Crippen LogP contribution in [0.5, 0.6) is 0 Å². The summed E-state index contributed by atoms with van der Waals surface area (Å²) in [6, 6.07) is 0. The van der Waals surface area contributed by atoms with Crippen LogP contribution in [-0.2, 0) is 0 Å². The summed E-state index contributed by atoms with van der Waals surface area (Å²) in [5.41, 5.74) is 1.12.